The standard InChI is InChI=1S/C10H15OP/c1-8-5-9(2)7-10(6-8)3-4-11-12/h5-7H,3-4,12H2,1-2H3. The Bertz CT molecular complexity index is 238. The maximum absolute atomic E-state index is 4.94. The molecule has 0 amide bonds. The molecule has 0 fully saturated rings. The fourth-order valence-corrected chi connectivity index (χ4v) is 1.51. The third kappa shape index (κ3) is 2.92. The van der Waals surface area contributed by atoms with Crippen LogP contribution in [0.5, 0.6) is 0 Å². The van der Waals surface area contributed by atoms with Gasteiger partial charge in [0.25, 0.3) is 0 Å². The van der Waals surface area contributed by atoms with E-state index in [1.165, 1.54) is 16.7 Å². The zero-order valence-electron chi connectivity index (χ0n) is 7.63. The minimum absolute atomic E-state index is 0.771. The van der Waals surface area contributed by atoms with Crippen LogP contribution in [0.25, 0.3) is 0 Å². The number of aryl methyl sites for hydroxylation is 2. The Morgan fingerprint density at radius 3 is 2.25 bits per heavy atom. The first-order valence-electron chi connectivity index (χ1n) is 4.11. The van der Waals surface area contributed by atoms with Crippen LogP contribution in [0.15, 0.2) is 18.2 Å². The highest BCUT2D eigenvalue weighted by Crippen LogP contribution is 2.09. The first-order valence-corrected chi connectivity index (χ1v) is 4.58. The van der Waals surface area contributed by atoms with E-state index in [1.54, 1.807) is 0 Å². The lowest BCUT2D eigenvalue weighted by molar-refractivity contribution is 0.377. The maximum atomic E-state index is 4.94. The molecule has 1 rings (SSSR count). The molecule has 1 aromatic carbocycles. The van der Waals surface area contributed by atoms with Crippen LogP contribution in [0.3, 0.4) is 0 Å². The zero-order chi connectivity index (χ0) is 8.97. The van der Waals surface area contributed by atoms with E-state index in [9.17, 15) is 0 Å². The normalized spacial score (nSPS) is 10.2. The van der Waals surface area contributed by atoms with E-state index in [2.05, 4.69) is 41.5 Å². The molecule has 1 atom stereocenters. The van der Waals surface area contributed by atoms with Crippen molar-refractivity contribution >= 4 is 9.47 Å². The lowest BCUT2D eigenvalue weighted by atomic mass is 10.1. The summed E-state index contributed by atoms with van der Waals surface area (Å²) in [6, 6.07) is 6.60. The molecular weight excluding hydrogens is 167 g/mol. The molecule has 0 saturated carbocycles. The number of rotatable bonds is 3. The second-order valence-corrected chi connectivity index (χ2v) is 3.45. The van der Waals surface area contributed by atoms with Gasteiger partial charge in [0, 0.05) is 9.47 Å². The van der Waals surface area contributed by atoms with Crippen molar-refractivity contribution in [2.24, 2.45) is 0 Å². The average molecular weight is 182 g/mol. The summed E-state index contributed by atoms with van der Waals surface area (Å²) in [6.07, 6.45) is 0.992. The van der Waals surface area contributed by atoms with Crippen LogP contribution in [0.1, 0.15) is 16.7 Å². The second-order valence-electron chi connectivity index (χ2n) is 3.12. The van der Waals surface area contributed by atoms with E-state index in [1.807, 2.05) is 0 Å². The fraction of sp³-hybridized carbons (Fsp3) is 0.400. The van der Waals surface area contributed by atoms with E-state index in [0.717, 1.165) is 13.0 Å². The van der Waals surface area contributed by atoms with Crippen molar-refractivity contribution in [2.75, 3.05) is 6.61 Å². The van der Waals surface area contributed by atoms with Gasteiger partial charge in [0.2, 0.25) is 0 Å². The molecule has 0 spiro atoms. The smallest absolute Gasteiger partial charge is 0.0542 e. The Labute approximate surface area is 76.4 Å². The van der Waals surface area contributed by atoms with Gasteiger partial charge in [-0.1, -0.05) is 29.3 Å². The van der Waals surface area contributed by atoms with Crippen LogP contribution in [-0.4, -0.2) is 6.61 Å². The number of benzene rings is 1. The van der Waals surface area contributed by atoms with E-state index in [0.29, 0.717) is 0 Å². The molecule has 0 radical (unpaired) electrons. The van der Waals surface area contributed by atoms with E-state index < -0.39 is 0 Å². The Hall–Kier alpha value is -0.390. The van der Waals surface area contributed by atoms with Crippen molar-refractivity contribution in [3.63, 3.8) is 0 Å². The summed E-state index contributed by atoms with van der Waals surface area (Å²) in [4.78, 5) is 0. The summed E-state index contributed by atoms with van der Waals surface area (Å²) in [6.45, 7) is 5.02. The molecule has 0 aliphatic carbocycles. The molecule has 0 aliphatic heterocycles. The summed E-state index contributed by atoms with van der Waals surface area (Å²) in [7, 11) is 2.27. The molecule has 0 N–H and O–H groups in total. The zero-order valence-corrected chi connectivity index (χ0v) is 8.79. The van der Waals surface area contributed by atoms with Crippen molar-refractivity contribution in [3.05, 3.63) is 34.9 Å². The van der Waals surface area contributed by atoms with Gasteiger partial charge in [-0.05, 0) is 25.8 Å². The highest BCUT2D eigenvalue weighted by molar-refractivity contribution is 7.09. The molecule has 2 heteroatoms. The van der Waals surface area contributed by atoms with Gasteiger partial charge in [0.05, 0.1) is 6.61 Å². The van der Waals surface area contributed by atoms with Gasteiger partial charge in [0.1, 0.15) is 0 Å². The summed E-state index contributed by atoms with van der Waals surface area (Å²) in [5.41, 5.74) is 4.01. The van der Waals surface area contributed by atoms with Crippen molar-refractivity contribution < 1.29 is 4.52 Å². The van der Waals surface area contributed by atoms with Gasteiger partial charge >= 0.3 is 0 Å². The second kappa shape index (κ2) is 4.59. The molecule has 0 aromatic heterocycles. The Balaban J connectivity index is 2.72. The minimum atomic E-state index is 0.771. The Kier molecular flexibility index (Phi) is 3.71. The summed E-state index contributed by atoms with van der Waals surface area (Å²) >= 11 is 0. The molecule has 1 aromatic rings. The maximum Gasteiger partial charge on any atom is 0.0542 e. The minimum Gasteiger partial charge on any atom is -0.365 e. The van der Waals surface area contributed by atoms with Crippen LogP contribution >= 0.6 is 9.47 Å². The summed E-state index contributed by atoms with van der Waals surface area (Å²) in [5, 5.41) is 0. The van der Waals surface area contributed by atoms with Crippen LogP contribution in [0, 0.1) is 13.8 Å². The first kappa shape index (κ1) is 9.70. The van der Waals surface area contributed by atoms with Gasteiger partial charge in [-0.25, -0.2) is 0 Å². The van der Waals surface area contributed by atoms with Crippen LogP contribution in [0.2, 0.25) is 0 Å². The molecule has 0 bridgehead atoms. The lowest BCUT2D eigenvalue weighted by Crippen LogP contribution is -1.92. The van der Waals surface area contributed by atoms with E-state index in [-0.39, 0.29) is 0 Å². The number of hydrogen-bond acceptors (Lipinski definition) is 1. The highest BCUT2D eigenvalue weighted by Gasteiger charge is 1.94. The van der Waals surface area contributed by atoms with Crippen LogP contribution in [0.4, 0.5) is 0 Å². The highest BCUT2D eigenvalue weighted by atomic mass is 31.0. The van der Waals surface area contributed by atoms with Crippen molar-refractivity contribution in [3.8, 4) is 0 Å². The molecule has 0 saturated heterocycles. The molecule has 0 aliphatic rings. The molecule has 1 unspecified atom stereocenters. The van der Waals surface area contributed by atoms with Gasteiger partial charge in [0.15, 0.2) is 0 Å². The van der Waals surface area contributed by atoms with Crippen LogP contribution < -0.4 is 0 Å². The molecular formula is C10H15OP. The summed E-state index contributed by atoms with van der Waals surface area (Å²) in [5.74, 6) is 0. The monoisotopic (exact) mass is 182 g/mol. The predicted molar refractivity (Wildman–Crippen MR) is 55.3 cm³/mol. The quantitative estimate of drug-likeness (QED) is 0.653. The van der Waals surface area contributed by atoms with Gasteiger partial charge in [-0.15, -0.1) is 0 Å². The Morgan fingerprint density at radius 1 is 1.17 bits per heavy atom. The van der Waals surface area contributed by atoms with E-state index >= 15 is 0 Å². The average Bonchev–Trinajstić information content (AvgIpc) is 1.99. The number of hydrogen-bond donors (Lipinski definition) is 0. The van der Waals surface area contributed by atoms with Crippen molar-refractivity contribution in [1.82, 2.24) is 0 Å². The molecule has 1 nitrogen and oxygen atoms in total. The summed E-state index contributed by atoms with van der Waals surface area (Å²) < 4.78 is 4.94. The van der Waals surface area contributed by atoms with Crippen molar-refractivity contribution in [2.45, 2.75) is 20.3 Å². The predicted octanol–water partition coefficient (Wildman–Crippen LogP) is 2.65. The fourth-order valence-electron chi connectivity index (χ4n) is 1.39. The third-order valence-electron chi connectivity index (χ3n) is 1.79. The molecule has 66 valence electrons. The van der Waals surface area contributed by atoms with E-state index in [4.69, 9.17) is 4.52 Å². The van der Waals surface area contributed by atoms with Crippen molar-refractivity contribution in [1.29, 1.82) is 0 Å². The van der Waals surface area contributed by atoms with Gasteiger partial charge in [-0.3, -0.25) is 0 Å². The Morgan fingerprint density at radius 2 is 1.75 bits per heavy atom. The first-order chi connectivity index (χ1) is 5.72. The largest absolute Gasteiger partial charge is 0.365 e. The van der Waals surface area contributed by atoms with Gasteiger partial charge < -0.3 is 4.52 Å². The van der Waals surface area contributed by atoms with Crippen LogP contribution in [-0.2, 0) is 10.9 Å². The molecule has 0 heterocycles. The third-order valence-corrected chi connectivity index (χ3v) is 2.03. The topological polar surface area (TPSA) is 9.23 Å². The lowest BCUT2D eigenvalue weighted by Gasteiger charge is -2.03. The molecule has 12 heavy (non-hydrogen) atoms. The SMILES string of the molecule is Cc1cc(C)cc(CCOP)c1. The van der Waals surface area contributed by atoms with Gasteiger partial charge in [-0.2, -0.15) is 0 Å².